The Balaban J connectivity index is 1.93. The van der Waals surface area contributed by atoms with E-state index in [1.807, 2.05) is 29.2 Å². The Kier molecular flexibility index (Phi) is 4.05. The van der Waals surface area contributed by atoms with Crippen molar-refractivity contribution in [1.82, 2.24) is 4.90 Å². The molecule has 108 valence electrons. The minimum atomic E-state index is -0.126. The molecule has 2 nitrogen and oxygen atoms in total. The predicted octanol–water partition coefficient (Wildman–Crippen LogP) is 4.11. The maximum Gasteiger partial charge on any atom is 0.210 e. The molecule has 0 heterocycles. The molecule has 1 aliphatic rings. The summed E-state index contributed by atoms with van der Waals surface area (Å²) < 4.78 is 0. The van der Waals surface area contributed by atoms with E-state index in [1.54, 1.807) is 0 Å². The van der Waals surface area contributed by atoms with Crippen molar-refractivity contribution in [2.45, 2.75) is 37.8 Å². The average molecular weight is 279 g/mol. The Labute approximate surface area is 126 Å². The first-order chi connectivity index (χ1) is 10.3. The van der Waals surface area contributed by atoms with Gasteiger partial charge in [0.05, 0.1) is 5.54 Å². The lowest BCUT2D eigenvalue weighted by atomic mass is 9.86. The predicted molar refractivity (Wildman–Crippen MR) is 84.6 cm³/mol. The number of benzene rings is 2. The minimum absolute atomic E-state index is 0.126. The van der Waals surface area contributed by atoms with Crippen molar-refractivity contribution in [3.05, 3.63) is 71.8 Å². The number of carbonyl (C=O) groups excluding carboxylic acids is 1. The van der Waals surface area contributed by atoms with Crippen LogP contribution in [0.2, 0.25) is 0 Å². The fraction of sp³-hybridized carbons (Fsp3) is 0.316. The van der Waals surface area contributed by atoms with Gasteiger partial charge in [-0.25, -0.2) is 0 Å². The highest BCUT2D eigenvalue weighted by molar-refractivity contribution is 5.51. The molecule has 21 heavy (non-hydrogen) atoms. The van der Waals surface area contributed by atoms with E-state index in [9.17, 15) is 4.79 Å². The number of carbonyl (C=O) groups is 1. The molecule has 0 saturated heterocycles. The van der Waals surface area contributed by atoms with Crippen molar-refractivity contribution in [2.24, 2.45) is 0 Å². The van der Waals surface area contributed by atoms with Gasteiger partial charge in [-0.2, -0.15) is 0 Å². The van der Waals surface area contributed by atoms with E-state index in [1.165, 1.54) is 24.0 Å². The van der Waals surface area contributed by atoms with Crippen LogP contribution in [0.25, 0.3) is 0 Å². The van der Waals surface area contributed by atoms with Crippen LogP contribution in [0.4, 0.5) is 0 Å². The van der Waals surface area contributed by atoms with Crippen LogP contribution < -0.4 is 0 Å². The zero-order valence-corrected chi connectivity index (χ0v) is 12.2. The van der Waals surface area contributed by atoms with Crippen molar-refractivity contribution >= 4 is 6.41 Å². The largest absolute Gasteiger partial charge is 0.331 e. The molecule has 0 aliphatic heterocycles. The first-order valence-corrected chi connectivity index (χ1v) is 7.67. The van der Waals surface area contributed by atoms with Gasteiger partial charge in [-0.05, 0) is 24.0 Å². The van der Waals surface area contributed by atoms with Crippen molar-refractivity contribution in [2.75, 3.05) is 0 Å². The summed E-state index contributed by atoms with van der Waals surface area (Å²) in [5, 5.41) is 0. The lowest BCUT2D eigenvalue weighted by molar-refractivity contribution is -0.125. The fourth-order valence-corrected chi connectivity index (χ4v) is 3.52. The third-order valence-electron chi connectivity index (χ3n) is 4.61. The molecule has 1 aliphatic carbocycles. The third-order valence-corrected chi connectivity index (χ3v) is 4.61. The molecule has 2 aromatic rings. The summed E-state index contributed by atoms with van der Waals surface area (Å²) in [4.78, 5) is 13.8. The molecule has 1 fully saturated rings. The van der Waals surface area contributed by atoms with E-state index in [-0.39, 0.29) is 5.54 Å². The third kappa shape index (κ3) is 2.71. The number of hydrogen-bond acceptors (Lipinski definition) is 1. The van der Waals surface area contributed by atoms with E-state index < -0.39 is 0 Å². The van der Waals surface area contributed by atoms with E-state index in [2.05, 4.69) is 36.4 Å². The Morgan fingerprint density at radius 3 is 2.05 bits per heavy atom. The number of amides is 1. The summed E-state index contributed by atoms with van der Waals surface area (Å²) in [5.41, 5.74) is 2.33. The van der Waals surface area contributed by atoms with E-state index in [0.717, 1.165) is 19.3 Å². The maximum absolute atomic E-state index is 11.8. The second-order valence-corrected chi connectivity index (χ2v) is 5.82. The molecule has 0 radical (unpaired) electrons. The van der Waals surface area contributed by atoms with Crippen LogP contribution in [0, 0.1) is 0 Å². The summed E-state index contributed by atoms with van der Waals surface area (Å²) in [6, 6.07) is 20.7. The smallest absolute Gasteiger partial charge is 0.210 e. The van der Waals surface area contributed by atoms with Crippen LogP contribution >= 0.6 is 0 Å². The van der Waals surface area contributed by atoms with Crippen LogP contribution in [0.1, 0.15) is 36.8 Å². The standard InChI is InChI=1S/C19H21NO/c21-16-20(15-17-9-3-1-4-10-17)19(13-7-8-14-19)18-11-5-2-6-12-18/h1-6,9-12,16H,7-8,13-15H2. The summed E-state index contributed by atoms with van der Waals surface area (Å²) in [6.45, 7) is 0.680. The molecule has 1 amide bonds. The fourth-order valence-electron chi connectivity index (χ4n) is 3.52. The van der Waals surface area contributed by atoms with Gasteiger partial charge in [0.15, 0.2) is 0 Å². The lowest BCUT2D eigenvalue weighted by Gasteiger charge is -2.39. The molecular weight excluding hydrogens is 258 g/mol. The van der Waals surface area contributed by atoms with Gasteiger partial charge in [0.25, 0.3) is 0 Å². The van der Waals surface area contributed by atoms with E-state index in [0.29, 0.717) is 6.54 Å². The second kappa shape index (κ2) is 6.13. The Morgan fingerprint density at radius 1 is 0.905 bits per heavy atom. The van der Waals surface area contributed by atoms with Crippen molar-refractivity contribution in [3.63, 3.8) is 0 Å². The Hall–Kier alpha value is -2.09. The van der Waals surface area contributed by atoms with E-state index >= 15 is 0 Å². The van der Waals surface area contributed by atoms with Crippen LogP contribution in [0.5, 0.6) is 0 Å². The summed E-state index contributed by atoms with van der Waals surface area (Å²) in [7, 11) is 0. The zero-order valence-electron chi connectivity index (χ0n) is 12.2. The summed E-state index contributed by atoms with van der Waals surface area (Å²) >= 11 is 0. The molecule has 3 rings (SSSR count). The topological polar surface area (TPSA) is 20.3 Å². The van der Waals surface area contributed by atoms with Crippen LogP contribution in [-0.4, -0.2) is 11.3 Å². The second-order valence-electron chi connectivity index (χ2n) is 5.82. The molecular formula is C19H21NO. The molecule has 2 heteroatoms. The van der Waals surface area contributed by atoms with Gasteiger partial charge in [0.1, 0.15) is 0 Å². The van der Waals surface area contributed by atoms with Crippen molar-refractivity contribution in [3.8, 4) is 0 Å². The number of nitrogens with zero attached hydrogens (tertiary/aromatic N) is 1. The van der Waals surface area contributed by atoms with Gasteiger partial charge >= 0.3 is 0 Å². The van der Waals surface area contributed by atoms with E-state index in [4.69, 9.17) is 0 Å². The highest BCUT2D eigenvalue weighted by Crippen LogP contribution is 2.43. The molecule has 0 N–H and O–H groups in total. The molecule has 0 unspecified atom stereocenters. The molecule has 0 aromatic heterocycles. The highest BCUT2D eigenvalue weighted by Gasteiger charge is 2.40. The highest BCUT2D eigenvalue weighted by atomic mass is 16.1. The minimum Gasteiger partial charge on any atom is -0.331 e. The van der Waals surface area contributed by atoms with Gasteiger partial charge in [-0.3, -0.25) is 4.79 Å². The van der Waals surface area contributed by atoms with Gasteiger partial charge in [-0.1, -0.05) is 73.5 Å². The molecule has 2 aromatic carbocycles. The zero-order chi connectivity index (χ0) is 14.5. The SMILES string of the molecule is O=CN(Cc1ccccc1)C1(c2ccccc2)CCCC1. The first kappa shape index (κ1) is 13.9. The first-order valence-electron chi connectivity index (χ1n) is 7.67. The maximum atomic E-state index is 11.8. The Bertz CT molecular complexity index is 573. The van der Waals surface area contributed by atoms with Crippen molar-refractivity contribution in [1.29, 1.82) is 0 Å². The number of rotatable bonds is 5. The molecule has 0 bridgehead atoms. The van der Waals surface area contributed by atoms with Crippen molar-refractivity contribution < 1.29 is 4.79 Å². The van der Waals surface area contributed by atoms with Crippen LogP contribution in [0.15, 0.2) is 60.7 Å². The van der Waals surface area contributed by atoms with Crippen LogP contribution in [0.3, 0.4) is 0 Å². The van der Waals surface area contributed by atoms with Crippen LogP contribution in [-0.2, 0) is 16.9 Å². The normalized spacial score (nSPS) is 16.6. The lowest BCUT2D eigenvalue weighted by Crippen LogP contribution is -2.42. The van der Waals surface area contributed by atoms with Gasteiger partial charge in [0, 0.05) is 6.54 Å². The quantitative estimate of drug-likeness (QED) is 0.754. The Morgan fingerprint density at radius 2 is 1.48 bits per heavy atom. The summed E-state index contributed by atoms with van der Waals surface area (Å²) in [6.07, 6.45) is 5.53. The number of hydrogen-bond donors (Lipinski definition) is 0. The monoisotopic (exact) mass is 279 g/mol. The summed E-state index contributed by atoms with van der Waals surface area (Å²) in [5.74, 6) is 0. The molecule has 0 atom stereocenters. The average Bonchev–Trinajstić information content (AvgIpc) is 3.05. The molecule has 0 spiro atoms. The van der Waals surface area contributed by atoms with Gasteiger partial charge < -0.3 is 4.90 Å². The van der Waals surface area contributed by atoms with Gasteiger partial charge in [0.2, 0.25) is 6.41 Å². The van der Waals surface area contributed by atoms with Gasteiger partial charge in [-0.15, -0.1) is 0 Å². The molecule has 1 saturated carbocycles.